The number of hydrogen-bond donors (Lipinski definition) is 1. The Hall–Kier alpha value is -2.67. The van der Waals surface area contributed by atoms with Crippen molar-refractivity contribution in [2.24, 2.45) is 5.92 Å². The first-order valence-electron chi connectivity index (χ1n) is 9.88. The summed E-state index contributed by atoms with van der Waals surface area (Å²) in [6, 6.07) is 9.49. The zero-order valence-corrected chi connectivity index (χ0v) is 17.2. The van der Waals surface area contributed by atoms with E-state index in [1.807, 2.05) is 23.6 Å². The summed E-state index contributed by atoms with van der Waals surface area (Å²) in [7, 11) is 1.33. The summed E-state index contributed by atoms with van der Waals surface area (Å²) < 4.78 is 4.77. The van der Waals surface area contributed by atoms with Crippen LogP contribution in [0.25, 0.3) is 0 Å². The van der Waals surface area contributed by atoms with Gasteiger partial charge in [0.1, 0.15) is 0 Å². The summed E-state index contributed by atoms with van der Waals surface area (Å²) in [5.74, 6) is -1.06. The third-order valence-electron chi connectivity index (χ3n) is 5.69. The van der Waals surface area contributed by atoms with E-state index >= 15 is 0 Å². The normalized spacial score (nSPS) is 19.1. The van der Waals surface area contributed by atoms with E-state index in [-0.39, 0.29) is 30.6 Å². The second kappa shape index (κ2) is 8.37. The molecule has 0 radical (unpaired) electrons. The Morgan fingerprint density at radius 1 is 1.28 bits per heavy atom. The van der Waals surface area contributed by atoms with Gasteiger partial charge in [-0.05, 0) is 54.0 Å². The second-order valence-corrected chi connectivity index (χ2v) is 8.55. The number of aryl methyl sites for hydroxylation is 2. The number of esters is 1. The Morgan fingerprint density at radius 3 is 2.86 bits per heavy atom. The number of hydrogen-bond acceptors (Lipinski definition) is 5. The fourth-order valence-electron chi connectivity index (χ4n) is 4.11. The molecular formula is C22H24N2O4S. The maximum absolute atomic E-state index is 12.9. The fraction of sp³-hybridized carbons (Fsp3) is 0.409. The third kappa shape index (κ3) is 4.19. The van der Waals surface area contributed by atoms with E-state index in [9.17, 15) is 14.4 Å². The minimum absolute atomic E-state index is 0.0382. The van der Waals surface area contributed by atoms with Crippen LogP contribution in [-0.2, 0) is 32.0 Å². The smallest absolute Gasteiger partial charge is 0.307 e. The van der Waals surface area contributed by atoms with Gasteiger partial charge in [-0.3, -0.25) is 14.4 Å². The van der Waals surface area contributed by atoms with Gasteiger partial charge < -0.3 is 15.0 Å². The number of rotatable bonds is 6. The minimum atomic E-state index is -0.445. The largest absolute Gasteiger partial charge is 0.469 e. The second-order valence-electron chi connectivity index (χ2n) is 7.57. The highest BCUT2D eigenvalue weighted by Crippen LogP contribution is 2.31. The molecular weight excluding hydrogens is 388 g/mol. The van der Waals surface area contributed by atoms with Crippen LogP contribution in [0.3, 0.4) is 0 Å². The Labute approximate surface area is 173 Å². The predicted octanol–water partition coefficient (Wildman–Crippen LogP) is 3.01. The lowest BCUT2D eigenvalue weighted by Gasteiger charge is -2.20. The van der Waals surface area contributed by atoms with Gasteiger partial charge in [-0.1, -0.05) is 12.1 Å². The van der Waals surface area contributed by atoms with Gasteiger partial charge in [0.05, 0.1) is 25.5 Å². The molecule has 1 aliphatic heterocycles. The van der Waals surface area contributed by atoms with Gasteiger partial charge >= 0.3 is 5.97 Å². The molecule has 1 saturated heterocycles. The summed E-state index contributed by atoms with van der Waals surface area (Å²) in [4.78, 5) is 39.9. The Morgan fingerprint density at radius 2 is 2.10 bits per heavy atom. The van der Waals surface area contributed by atoms with Crippen molar-refractivity contribution in [3.05, 3.63) is 51.7 Å². The van der Waals surface area contributed by atoms with Gasteiger partial charge in [-0.25, -0.2) is 0 Å². The molecule has 1 aromatic heterocycles. The van der Waals surface area contributed by atoms with Crippen LogP contribution in [0.4, 0.5) is 5.69 Å². The number of thiophene rings is 1. The van der Waals surface area contributed by atoms with Crippen molar-refractivity contribution in [2.75, 3.05) is 18.6 Å². The van der Waals surface area contributed by atoms with Crippen LogP contribution in [-0.4, -0.2) is 31.4 Å². The standard InChI is InChI=1S/C22H24N2O4S/c1-28-21(26)12-18(19-6-3-9-29-19)23-22(27)16-11-20(25)24(13-16)17-8-7-14-4-2-5-15(14)10-17/h3,6-10,16,18H,2,4-5,11-13H2,1H3,(H,23,27)/t16-,18+/m0/s1. The third-order valence-corrected chi connectivity index (χ3v) is 6.68. The Balaban J connectivity index is 1.45. The zero-order valence-electron chi connectivity index (χ0n) is 16.3. The van der Waals surface area contributed by atoms with E-state index in [1.54, 1.807) is 4.90 Å². The molecule has 0 unspecified atom stereocenters. The maximum Gasteiger partial charge on any atom is 0.307 e. The lowest BCUT2D eigenvalue weighted by molar-refractivity contribution is -0.141. The van der Waals surface area contributed by atoms with Gasteiger partial charge in [0.25, 0.3) is 0 Å². The monoisotopic (exact) mass is 412 g/mol. The molecule has 2 aliphatic rings. The molecule has 0 saturated carbocycles. The van der Waals surface area contributed by atoms with Gasteiger partial charge in [0.2, 0.25) is 11.8 Å². The average molecular weight is 413 g/mol. The Kier molecular flexibility index (Phi) is 5.67. The molecule has 7 heteroatoms. The van der Waals surface area contributed by atoms with E-state index < -0.39 is 12.0 Å². The number of nitrogens with zero attached hydrogens (tertiary/aromatic N) is 1. The number of benzene rings is 1. The molecule has 0 bridgehead atoms. The van der Waals surface area contributed by atoms with Crippen LogP contribution in [0.2, 0.25) is 0 Å². The van der Waals surface area contributed by atoms with Crippen molar-refractivity contribution in [3.63, 3.8) is 0 Å². The Bertz CT molecular complexity index is 925. The zero-order chi connectivity index (χ0) is 20.4. The number of fused-ring (bicyclic) bond motifs is 1. The number of anilines is 1. The predicted molar refractivity (Wildman–Crippen MR) is 111 cm³/mol. The first-order chi connectivity index (χ1) is 14.0. The lowest BCUT2D eigenvalue weighted by atomic mass is 10.1. The minimum Gasteiger partial charge on any atom is -0.469 e. The number of amides is 2. The fourth-order valence-corrected chi connectivity index (χ4v) is 4.89. The molecule has 2 heterocycles. The molecule has 2 atom stereocenters. The molecule has 2 amide bonds. The van der Waals surface area contributed by atoms with Crippen molar-refractivity contribution in [1.82, 2.24) is 5.32 Å². The van der Waals surface area contributed by atoms with E-state index in [1.165, 1.54) is 29.6 Å². The maximum atomic E-state index is 12.9. The molecule has 4 rings (SSSR count). The van der Waals surface area contributed by atoms with Crippen LogP contribution in [0, 0.1) is 5.92 Å². The highest BCUT2D eigenvalue weighted by Gasteiger charge is 2.36. The van der Waals surface area contributed by atoms with Crippen molar-refractivity contribution >= 4 is 34.8 Å². The average Bonchev–Trinajstić information content (AvgIpc) is 3.47. The van der Waals surface area contributed by atoms with Gasteiger partial charge in [0.15, 0.2) is 0 Å². The molecule has 0 spiro atoms. The molecule has 1 N–H and O–H groups in total. The molecule has 29 heavy (non-hydrogen) atoms. The van der Waals surface area contributed by atoms with Crippen molar-refractivity contribution < 1.29 is 19.1 Å². The summed E-state index contributed by atoms with van der Waals surface area (Å²) in [6.07, 6.45) is 3.54. The van der Waals surface area contributed by atoms with Crippen LogP contribution in [0.15, 0.2) is 35.7 Å². The van der Waals surface area contributed by atoms with Crippen molar-refractivity contribution in [2.45, 2.75) is 38.1 Å². The molecule has 1 aromatic carbocycles. The van der Waals surface area contributed by atoms with Crippen LogP contribution in [0.5, 0.6) is 0 Å². The number of carbonyl (C=O) groups excluding carboxylic acids is 3. The number of carbonyl (C=O) groups is 3. The highest BCUT2D eigenvalue weighted by molar-refractivity contribution is 7.10. The quantitative estimate of drug-likeness (QED) is 0.740. The SMILES string of the molecule is COC(=O)C[C@@H](NC(=O)[C@H]1CC(=O)N(c2ccc3c(c2)CCC3)C1)c1cccs1. The van der Waals surface area contributed by atoms with Gasteiger partial charge in [-0.15, -0.1) is 11.3 Å². The van der Waals surface area contributed by atoms with Gasteiger partial charge in [-0.2, -0.15) is 0 Å². The highest BCUT2D eigenvalue weighted by atomic mass is 32.1. The van der Waals surface area contributed by atoms with Crippen molar-refractivity contribution in [3.8, 4) is 0 Å². The van der Waals surface area contributed by atoms with E-state index in [0.717, 1.165) is 29.8 Å². The van der Waals surface area contributed by atoms with E-state index in [0.29, 0.717) is 6.54 Å². The lowest BCUT2D eigenvalue weighted by Crippen LogP contribution is -2.36. The topological polar surface area (TPSA) is 75.7 Å². The number of methoxy groups -OCH3 is 1. The number of ether oxygens (including phenoxy) is 1. The molecule has 6 nitrogen and oxygen atoms in total. The van der Waals surface area contributed by atoms with Crippen LogP contribution >= 0.6 is 11.3 Å². The molecule has 1 aliphatic carbocycles. The number of nitrogens with one attached hydrogen (secondary N) is 1. The van der Waals surface area contributed by atoms with E-state index in [2.05, 4.69) is 17.4 Å². The first-order valence-corrected chi connectivity index (χ1v) is 10.8. The van der Waals surface area contributed by atoms with Crippen LogP contribution < -0.4 is 10.2 Å². The summed E-state index contributed by atoms with van der Waals surface area (Å²) in [6.45, 7) is 0.360. The first kappa shape index (κ1) is 19.6. The molecule has 2 aromatic rings. The van der Waals surface area contributed by atoms with E-state index in [4.69, 9.17) is 4.74 Å². The molecule has 152 valence electrons. The van der Waals surface area contributed by atoms with Crippen molar-refractivity contribution in [1.29, 1.82) is 0 Å². The summed E-state index contributed by atoms with van der Waals surface area (Å²) >= 11 is 1.48. The van der Waals surface area contributed by atoms with Crippen LogP contribution in [0.1, 0.15) is 41.3 Å². The summed E-state index contributed by atoms with van der Waals surface area (Å²) in [5, 5.41) is 4.86. The summed E-state index contributed by atoms with van der Waals surface area (Å²) in [5.41, 5.74) is 3.53. The van der Waals surface area contributed by atoms with Gasteiger partial charge in [0, 0.05) is 23.5 Å². The molecule has 1 fully saturated rings.